The summed E-state index contributed by atoms with van der Waals surface area (Å²) in [6.07, 6.45) is 2.01. The van der Waals surface area contributed by atoms with Gasteiger partial charge in [-0.25, -0.2) is 9.78 Å². The number of aromatic amines is 1. The smallest absolute Gasteiger partial charge is 0.325 e. The van der Waals surface area contributed by atoms with Crippen molar-refractivity contribution < 1.29 is 0 Å². The van der Waals surface area contributed by atoms with Gasteiger partial charge in [0.25, 0.3) is 5.56 Å². The first kappa shape index (κ1) is 13.1. The summed E-state index contributed by atoms with van der Waals surface area (Å²) >= 11 is 0. The van der Waals surface area contributed by atoms with Gasteiger partial charge in [-0.15, -0.1) is 0 Å². The van der Waals surface area contributed by atoms with Crippen molar-refractivity contribution in [1.82, 2.24) is 24.4 Å². The SMILES string of the molecule is CCn1c(=O)[nH]c(=O)c2c1nc(C1CCNCC1)n2C. The number of imidazole rings is 1. The zero-order valence-corrected chi connectivity index (χ0v) is 11.8. The van der Waals surface area contributed by atoms with E-state index in [1.165, 1.54) is 4.57 Å². The molecule has 1 aliphatic heterocycles. The summed E-state index contributed by atoms with van der Waals surface area (Å²) in [5, 5.41) is 3.32. The first-order valence-corrected chi connectivity index (χ1v) is 7.03. The van der Waals surface area contributed by atoms with Crippen LogP contribution in [-0.2, 0) is 13.6 Å². The molecule has 20 heavy (non-hydrogen) atoms. The second kappa shape index (κ2) is 4.90. The fraction of sp³-hybridized carbons (Fsp3) is 0.615. The Balaban J connectivity index is 2.25. The summed E-state index contributed by atoms with van der Waals surface area (Å²) in [5.41, 5.74) is 0.238. The lowest BCUT2D eigenvalue weighted by atomic mass is 9.97. The average molecular weight is 277 g/mol. The molecule has 0 aromatic carbocycles. The van der Waals surface area contributed by atoms with Crippen LogP contribution in [-0.4, -0.2) is 32.2 Å². The third-order valence-electron chi connectivity index (χ3n) is 4.07. The fourth-order valence-electron chi connectivity index (χ4n) is 3.00. The van der Waals surface area contributed by atoms with Crippen molar-refractivity contribution in [3.63, 3.8) is 0 Å². The van der Waals surface area contributed by atoms with E-state index in [4.69, 9.17) is 0 Å². The minimum Gasteiger partial charge on any atom is -0.325 e. The second-order valence-corrected chi connectivity index (χ2v) is 5.23. The van der Waals surface area contributed by atoms with Crippen LogP contribution in [0.15, 0.2) is 9.59 Å². The Labute approximate surface area is 115 Å². The standard InChI is InChI=1S/C13H19N5O2/c1-3-18-11-9(12(19)16-13(18)20)17(2)10(15-11)8-4-6-14-7-5-8/h8,14H,3-7H2,1-2H3,(H,16,19,20). The summed E-state index contributed by atoms with van der Waals surface area (Å²) in [6, 6.07) is 0. The van der Waals surface area contributed by atoms with Crippen LogP contribution in [0.1, 0.15) is 31.5 Å². The van der Waals surface area contributed by atoms with Crippen molar-refractivity contribution >= 4 is 11.2 Å². The summed E-state index contributed by atoms with van der Waals surface area (Å²) in [7, 11) is 1.85. The van der Waals surface area contributed by atoms with Gasteiger partial charge in [0.2, 0.25) is 0 Å². The molecule has 0 atom stereocenters. The predicted octanol–water partition coefficient (Wildman–Crippen LogP) is -0.0898. The molecule has 2 aromatic rings. The van der Waals surface area contributed by atoms with Gasteiger partial charge in [0.1, 0.15) is 5.82 Å². The fourth-order valence-corrected chi connectivity index (χ4v) is 3.00. The number of hydrogen-bond acceptors (Lipinski definition) is 4. The average Bonchev–Trinajstić information content (AvgIpc) is 2.78. The molecule has 0 aliphatic carbocycles. The van der Waals surface area contributed by atoms with E-state index in [0.29, 0.717) is 23.6 Å². The third kappa shape index (κ3) is 1.89. The van der Waals surface area contributed by atoms with Crippen LogP contribution in [0.5, 0.6) is 0 Å². The molecule has 1 saturated heterocycles. The van der Waals surface area contributed by atoms with Crippen LogP contribution in [0.25, 0.3) is 11.2 Å². The number of nitrogens with zero attached hydrogens (tertiary/aromatic N) is 3. The van der Waals surface area contributed by atoms with Crippen LogP contribution in [0, 0.1) is 0 Å². The highest BCUT2D eigenvalue weighted by Gasteiger charge is 2.23. The molecule has 0 spiro atoms. The van der Waals surface area contributed by atoms with Crippen molar-refractivity contribution in [2.24, 2.45) is 7.05 Å². The van der Waals surface area contributed by atoms with Crippen molar-refractivity contribution in [2.75, 3.05) is 13.1 Å². The summed E-state index contributed by atoms with van der Waals surface area (Å²) in [5.74, 6) is 1.24. The Kier molecular flexibility index (Phi) is 3.21. The second-order valence-electron chi connectivity index (χ2n) is 5.23. The Morgan fingerprint density at radius 1 is 1.30 bits per heavy atom. The van der Waals surface area contributed by atoms with Gasteiger partial charge < -0.3 is 9.88 Å². The van der Waals surface area contributed by atoms with Gasteiger partial charge in [0.05, 0.1) is 0 Å². The number of hydrogen-bond donors (Lipinski definition) is 2. The van der Waals surface area contributed by atoms with E-state index < -0.39 is 0 Å². The maximum absolute atomic E-state index is 12.0. The number of aryl methyl sites for hydroxylation is 2. The Morgan fingerprint density at radius 2 is 2.00 bits per heavy atom. The molecule has 3 heterocycles. The number of piperidine rings is 1. The molecule has 0 bridgehead atoms. The van der Waals surface area contributed by atoms with Crippen LogP contribution < -0.4 is 16.6 Å². The number of nitrogens with one attached hydrogen (secondary N) is 2. The minimum atomic E-state index is -0.389. The van der Waals surface area contributed by atoms with Gasteiger partial charge in [-0.1, -0.05) is 0 Å². The first-order valence-electron chi connectivity index (χ1n) is 7.03. The maximum Gasteiger partial charge on any atom is 0.330 e. The van der Waals surface area contributed by atoms with Crippen molar-refractivity contribution in [2.45, 2.75) is 32.2 Å². The highest BCUT2D eigenvalue weighted by atomic mass is 16.2. The van der Waals surface area contributed by atoms with E-state index in [-0.39, 0.29) is 11.2 Å². The van der Waals surface area contributed by atoms with Gasteiger partial charge >= 0.3 is 5.69 Å². The molecule has 2 N–H and O–H groups in total. The zero-order chi connectivity index (χ0) is 14.3. The molecule has 3 rings (SSSR count). The molecule has 7 nitrogen and oxygen atoms in total. The van der Waals surface area contributed by atoms with Crippen LogP contribution >= 0.6 is 0 Å². The van der Waals surface area contributed by atoms with Crippen molar-refractivity contribution in [3.05, 3.63) is 26.7 Å². The lowest BCUT2D eigenvalue weighted by molar-refractivity contribution is 0.438. The van der Waals surface area contributed by atoms with Crippen LogP contribution in [0.4, 0.5) is 0 Å². The molecule has 0 unspecified atom stereocenters. The maximum atomic E-state index is 12.0. The monoisotopic (exact) mass is 277 g/mol. The lowest BCUT2D eigenvalue weighted by Crippen LogP contribution is -2.30. The van der Waals surface area contributed by atoms with Crippen LogP contribution in [0.2, 0.25) is 0 Å². The van der Waals surface area contributed by atoms with Gasteiger partial charge in [-0.3, -0.25) is 14.3 Å². The number of H-pyrrole nitrogens is 1. The van der Waals surface area contributed by atoms with E-state index in [0.717, 1.165) is 31.8 Å². The first-order chi connectivity index (χ1) is 9.63. The predicted molar refractivity (Wildman–Crippen MR) is 76.1 cm³/mol. The highest BCUT2D eigenvalue weighted by Crippen LogP contribution is 2.25. The molecule has 0 saturated carbocycles. The van der Waals surface area contributed by atoms with Gasteiger partial charge in [0, 0.05) is 19.5 Å². The number of rotatable bonds is 2. The van der Waals surface area contributed by atoms with E-state index in [1.54, 1.807) is 0 Å². The Hall–Kier alpha value is -1.89. The molecule has 108 valence electrons. The quantitative estimate of drug-likeness (QED) is 0.803. The summed E-state index contributed by atoms with van der Waals surface area (Å²) < 4.78 is 3.36. The molecular weight excluding hydrogens is 258 g/mol. The molecule has 1 fully saturated rings. The van der Waals surface area contributed by atoms with Gasteiger partial charge in [-0.05, 0) is 32.9 Å². The van der Waals surface area contributed by atoms with E-state index in [9.17, 15) is 9.59 Å². The van der Waals surface area contributed by atoms with Gasteiger partial charge in [0.15, 0.2) is 11.2 Å². The number of aromatic nitrogens is 4. The molecule has 0 amide bonds. The van der Waals surface area contributed by atoms with Crippen molar-refractivity contribution in [3.8, 4) is 0 Å². The number of fused-ring (bicyclic) bond motifs is 1. The van der Waals surface area contributed by atoms with E-state index in [2.05, 4.69) is 15.3 Å². The molecular formula is C13H19N5O2. The largest absolute Gasteiger partial charge is 0.330 e. The van der Waals surface area contributed by atoms with E-state index >= 15 is 0 Å². The van der Waals surface area contributed by atoms with Crippen LogP contribution in [0.3, 0.4) is 0 Å². The normalized spacial score (nSPS) is 16.9. The molecule has 7 heteroatoms. The van der Waals surface area contributed by atoms with E-state index in [1.807, 2.05) is 18.5 Å². The topological polar surface area (TPSA) is 84.7 Å². The lowest BCUT2D eigenvalue weighted by Gasteiger charge is -2.21. The molecule has 0 radical (unpaired) electrons. The zero-order valence-electron chi connectivity index (χ0n) is 11.8. The third-order valence-corrected chi connectivity index (χ3v) is 4.07. The van der Waals surface area contributed by atoms with Gasteiger partial charge in [-0.2, -0.15) is 0 Å². The minimum absolute atomic E-state index is 0.341. The van der Waals surface area contributed by atoms with Crippen molar-refractivity contribution in [1.29, 1.82) is 0 Å². The molecule has 1 aliphatic rings. The Morgan fingerprint density at radius 3 is 2.65 bits per heavy atom. The highest BCUT2D eigenvalue weighted by molar-refractivity contribution is 5.71. The molecule has 2 aromatic heterocycles. The summed E-state index contributed by atoms with van der Waals surface area (Å²) in [6.45, 7) is 4.29. The summed E-state index contributed by atoms with van der Waals surface area (Å²) in [4.78, 5) is 30.8. The Bertz CT molecular complexity index is 748.